The van der Waals surface area contributed by atoms with Crippen molar-refractivity contribution in [3.8, 4) is 0 Å². The average Bonchev–Trinajstić information content (AvgIpc) is 2.73. The number of thiophene rings is 1. The van der Waals surface area contributed by atoms with Gasteiger partial charge in [-0.3, -0.25) is 0 Å². The molecule has 3 nitrogen and oxygen atoms in total. The van der Waals surface area contributed by atoms with Crippen LogP contribution in [0.3, 0.4) is 0 Å². The molecule has 0 atom stereocenters. The zero-order valence-corrected chi connectivity index (χ0v) is 13.4. The zero-order valence-electron chi connectivity index (χ0n) is 12.6. The Morgan fingerprint density at radius 3 is 2.48 bits per heavy atom. The molecule has 0 N–H and O–H groups in total. The molecule has 21 heavy (non-hydrogen) atoms. The molecule has 1 saturated heterocycles. The third-order valence-electron chi connectivity index (χ3n) is 4.89. The molecule has 4 rings (SSSR count). The summed E-state index contributed by atoms with van der Waals surface area (Å²) in [6.45, 7) is 2.33. The van der Waals surface area contributed by atoms with Crippen molar-refractivity contribution in [2.45, 2.75) is 57.8 Å². The Balaban J connectivity index is 1.82. The zero-order chi connectivity index (χ0) is 14.1. The molecule has 2 aromatic rings. The SMILES string of the molecule is c1nc(N2CCCCCC2)c2c3c(sc2n1)CCCCC3. The maximum atomic E-state index is 4.70. The maximum Gasteiger partial charge on any atom is 0.141 e. The molecule has 0 spiro atoms. The smallest absolute Gasteiger partial charge is 0.141 e. The van der Waals surface area contributed by atoms with Crippen LogP contribution in [0, 0.1) is 0 Å². The van der Waals surface area contributed by atoms with Crippen LogP contribution in [0.4, 0.5) is 5.82 Å². The fourth-order valence-corrected chi connectivity index (χ4v) is 5.00. The number of hydrogen-bond donors (Lipinski definition) is 0. The van der Waals surface area contributed by atoms with Gasteiger partial charge >= 0.3 is 0 Å². The van der Waals surface area contributed by atoms with Gasteiger partial charge in [0.25, 0.3) is 0 Å². The van der Waals surface area contributed by atoms with Crippen molar-refractivity contribution in [3.63, 3.8) is 0 Å². The normalized spacial score (nSPS) is 20.1. The number of rotatable bonds is 1. The van der Waals surface area contributed by atoms with Gasteiger partial charge in [0.1, 0.15) is 17.0 Å². The second kappa shape index (κ2) is 5.91. The summed E-state index contributed by atoms with van der Waals surface area (Å²) < 4.78 is 0. The lowest BCUT2D eigenvalue weighted by Gasteiger charge is -2.22. The second-order valence-corrected chi connectivity index (χ2v) is 7.43. The van der Waals surface area contributed by atoms with Crippen molar-refractivity contribution in [3.05, 3.63) is 16.8 Å². The first-order valence-electron chi connectivity index (χ1n) is 8.44. The molecule has 0 bridgehead atoms. The van der Waals surface area contributed by atoms with E-state index < -0.39 is 0 Å². The number of nitrogens with zero attached hydrogens (tertiary/aromatic N) is 3. The molecule has 3 heterocycles. The van der Waals surface area contributed by atoms with Gasteiger partial charge < -0.3 is 4.90 Å². The monoisotopic (exact) mass is 301 g/mol. The van der Waals surface area contributed by atoms with Gasteiger partial charge in [-0.15, -0.1) is 11.3 Å². The van der Waals surface area contributed by atoms with E-state index in [0.29, 0.717) is 0 Å². The molecule has 0 unspecified atom stereocenters. The minimum absolute atomic E-state index is 1.16. The molecule has 0 saturated carbocycles. The summed E-state index contributed by atoms with van der Waals surface area (Å²) in [5.74, 6) is 1.22. The van der Waals surface area contributed by atoms with E-state index in [9.17, 15) is 0 Å². The van der Waals surface area contributed by atoms with Crippen LogP contribution in [0.15, 0.2) is 6.33 Å². The molecule has 2 aliphatic rings. The molecule has 112 valence electrons. The van der Waals surface area contributed by atoms with E-state index in [2.05, 4.69) is 9.88 Å². The van der Waals surface area contributed by atoms with Crippen molar-refractivity contribution in [2.75, 3.05) is 18.0 Å². The third-order valence-corrected chi connectivity index (χ3v) is 6.09. The molecule has 1 fully saturated rings. The van der Waals surface area contributed by atoms with Crippen LogP contribution in [-0.4, -0.2) is 23.1 Å². The van der Waals surface area contributed by atoms with Gasteiger partial charge in [-0.2, -0.15) is 0 Å². The van der Waals surface area contributed by atoms with Crippen LogP contribution in [-0.2, 0) is 12.8 Å². The summed E-state index contributed by atoms with van der Waals surface area (Å²) in [6, 6.07) is 0. The van der Waals surface area contributed by atoms with Crippen LogP contribution in [0.1, 0.15) is 55.4 Å². The fourth-order valence-electron chi connectivity index (χ4n) is 3.77. The predicted octanol–water partition coefficient (Wildman–Crippen LogP) is 4.34. The van der Waals surface area contributed by atoms with Crippen molar-refractivity contribution in [1.82, 2.24) is 9.97 Å². The van der Waals surface area contributed by atoms with E-state index >= 15 is 0 Å². The number of hydrogen-bond acceptors (Lipinski definition) is 4. The highest BCUT2D eigenvalue weighted by Gasteiger charge is 2.22. The van der Waals surface area contributed by atoms with Crippen molar-refractivity contribution >= 4 is 27.4 Å². The summed E-state index contributed by atoms with van der Waals surface area (Å²) in [7, 11) is 0. The summed E-state index contributed by atoms with van der Waals surface area (Å²) >= 11 is 1.92. The van der Waals surface area contributed by atoms with Crippen LogP contribution in [0.5, 0.6) is 0 Å². The molecule has 2 aromatic heterocycles. The predicted molar refractivity (Wildman–Crippen MR) is 89.4 cm³/mol. The first-order chi connectivity index (χ1) is 10.4. The summed E-state index contributed by atoms with van der Waals surface area (Å²) in [4.78, 5) is 14.6. The van der Waals surface area contributed by atoms with Gasteiger partial charge in [0.05, 0.1) is 5.39 Å². The van der Waals surface area contributed by atoms with Gasteiger partial charge in [-0.25, -0.2) is 9.97 Å². The maximum absolute atomic E-state index is 4.70. The third kappa shape index (κ3) is 2.54. The van der Waals surface area contributed by atoms with Crippen LogP contribution in [0.25, 0.3) is 10.2 Å². The van der Waals surface area contributed by atoms with Crippen LogP contribution in [0.2, 0.25) is 0 Å². The molecule has 0 aromatic carbocycles. The molecular formula is C17H23N3S. The molecule has 1 aliphatic carbocycles. The van der Waals surface area contributed by atoms with Gasteiger partial charge in [0, 0.05) is 18.0 Å². The number of anilines is 1. The lowest BCUT2D eigenvalue weighted by Crippen LogP contribution is -2.25. The highest BCUT2D eigenvalue weighted by molar-refractivity contribution is 7.18. The Morgan fingerprint density at radius 2 is 1.62 bits per heavy atom. The number of fused-ring (bicyclic) bond motifs is 3. The highest BCUT2D eigenvalue weighted by atomic mass is 32.1. The van der Waals surface area contributed by atoms with E-state index in [-0.39, 0.29) is 0 Å². The Kier molecular flexibility index (Phi) is 3.80. The van der Waals surface area contributed by atoms with Crippen molar-refractivity contribution < 1.29 is 0 Å². The lowest BCUT2D eigenvalue weighted by atomic mass is 10.1. The number of aromatic nitrogens is 2. The first-order valence-corrected chi connectivity index (χ1v) is 9.25. The average molecular weight is 301 g/mol. The van der Waals surface area contributed by atoms with E-state index in [4.69, 9.17) is 4.98 Å². The van der Waals surface area contributed by atoms with Crippen molar-refractivity contribution in [1.29, 1.82) is 0 Å². The Hall–Kier alpha value is -1.16. The van der Waals surface area contributed by atoms with E-state index in [0.717, 1.165) is 13.1 Å². The minimum Gasteiger partial charge on any atom is -0.356 e. The van der Waals surface area contributed by atoms with Gasteiger partial charge in [-0.1, -0.05) is 19.3 Å². The van der Waals surface area contributed by atoms with Gasteiger partial charge in [-0.05, 0) is 44.1 Å². The van der Waals surface area contributed by atoms with Crippen LogP contribution < -0.4 is 4.90 Å². The highest BCUT2D eigenvalue weighted by Crippen LogP contribution is 2.39. The number of aryl methyl sites for hydroxylation is 2. The quantitative estimate of drug-likeness (QED) is 0.734. The largest absolute Gasteiger partial charge is 0.356 e. The Bertz CT molecular complexity index is 626. The Morgan fingerprint density at radius 1 is 0.857 bits per heavy atom. The topological polar surface area (TPSA) is 29.0 Å². The minimum atomic E-state index is 1.16. The van der Waals surface area contributed by atoms with Crippen LogP contribution >= 0.6 is 11.3 Å². The lowest BCUT2D eigenvalue weighted by molar-refractivity contribution is 0.713. The molecular weight excluding hydrogens is 278 g/mol. The first kappa shape index (κ1) is 13.5. The van der Waals surface area contributed by atoms with Crippen molar-refractivity contribution in [2.24, 2.45) is 0 Å². The van der Waals surface area contributed by atoms with Gasteiger partial charge in [0.2, 0.25) is 0 Å². The standard InChI is InChI=1S/C17H23N3S/c1-2-7-11-20(10-6-1)16-15-13-8-4-3-5-9-14(13)21-17(15)19-12-18-16/h12H,1-11H2. The molecule has 0 amide bonds. The molecule has 0 radical (unpaired) electrons. The Labute approximate surface area is 130 Å². The molecule has 1 aliphatic heterocycles. The fraction of sp³-hybridized carbons (Fsp3) is 0.647. The summed E-state index contributed by atoms with van der Waals surface area (Å²) in [5.41, 5.74) is 1.58. The van der Waals surface area contributed by atoms with Gasteiger partial charge in [0.15, 0.2) is 0 Å². The second-order valence-electron chi connectivity index (χ2n) is 6.34. The van der Waals surface area contributed by atoms with E-state index in [1.807, 2.05) is 11.3 Å². The molecule has 4 heteroatoms. The van der Waals surface area contributed by atoms with E-state index in [1.165, 1.54) is 73.8 Å². The summed E-state index contributed by atoms with van der Waals surface area (Å²) in [6.07, 6.45) is 13.6. The van der Waals surface area contributed by atoms with E-state index in [1.54, 1.807) is 16.8 Å². The summed E-state index contributed by atoms with van der Waals surface area (Å²) in [5, 5.41) is 1.39.